The summed E-state index contributed by atoms with van der Waals surface area (Å²) in [5.74, 6) is -0.602. The molecular weight excluding hydrogens is 408 g/mol. The van der Waals surface area contributed by atoms with Crippen LogP contribution in [0.25, 0.3) is 11.3 Å². The molecule has 31 heavy (non-hydrogen) atoms. The smallest absolute Gasteiger partial charge is 0.252 e. The lowest BCUT2D eigenvalue weighted by Crippen LogP contribution is -2.40. The van der Waals surface area contributed by atoms with Crippen LogP contribution in [0.15, 0.2) is 90.6 Å². The zero-order valence-corrected chi connectivity index (χ0v) is 17.4. The van der Waals surface area contributed by atoms with E-state index >= 15 is 0 Å². The monoisotopic (exact) mass is 428 g/mol. The van der Waals surface area contributed by atoms with Crippen molar-refractivity contribution in [3.05, 3.63) is 107 Å². The largest absolute Gasteiger partial charge is 0.347 e. The van der Waals surface area contributed by atoms with Gasteiger partial charge in [0.25, 0.3) is 5.91 Å². The molecule has 1 unspecified atom stereocenters. The molecule has 2 amide bonds. The van der Waals surface area contributed by atoms with E-state index in [-0.39, 0.29) is 18.4 Å². The third-order valence-electron chi connectivity index (χ3n) is 4.65. The topological polar surface area (TPSA) is 84.0 Å². The van der Waals surface area contributed by atoms with Crippen molar-refractivity contribution in [2.75, 3.05) is 0 Å². The van der Waals surface area contributed by atoms with Gasteiger partial charge in [0, 0.05) is 28.9 Å². The second kappa shape index (κ2) is 9.77. The van der Waals surface area contributed by atoms with Crippen LogP contribution in [0.5, 0.6) is 0 Å². The number of amides is 2. The molecule has 0 spiro atoms. The molecule has 1 atom stereocenters. The number of thiazole rings is 1. The van der Waals surface area contributed by atoms with E-state index in [4.69, 9.17) is 0 Å². The van der Waals surface area contributed by atoms with Gasteiger partial charge in [0.2, 0.25) is 5.91 Å². The van der Waals surface area contributed by atoms with Crippen LogP contribution in [0, 0.1) is 0 Å². The van der Waals surface area contributed by atoms with Gasteiger partial charge >= 0.3 is 0 Å². The second-order valence-corrected chi connectivity index (χ2v) is 7.71. The van der Waals surface area contributed by atoms with Crippen LogP contribution < -0.4 is 10.6 Å². The summed E-state index contributed by atoms with van der Waals surface area (Å²) < 4.78 is 0. The second-order valence-electron chi connectivity index (χ2n) is 6.76. The minimum Gasteiger partial charge on any atom is -0.347 e. The van der Waals surface area contributed by atoms with E-state index in [1.165, 1.54) is 11.3 Å². The Kier molecular flexibility index (Phi) is 6.44. The molecule has 0 aliphatic heterocycles. The van der Waals surface area contributed by atoms with Crippen molar-refractivity contribution in [1.29, 1.82) is 0 Å². The van der Waals surface area contributed by atoms with E-state index in [0.717, 1.165) is 16.3 Å². The minimum absolute atomic E-state index is 0.277. The molecule has 0 saturated carbocycles. The number of carbonyl (C=O) groups excluding carboxylic acids is 2. The fourth-order valence-corrected chi connectivity index (χ4v) is 3.80. The van der Waals surface area contributed by atoms with Crippen LogP contribution in [0.4, 0.5) is 0 Å². The quantitative estimate of drug-likeness (QED) is 0.466. The summed E-state index contributed by atoms with van der Waals surface area (Å²) in [4.78, 5) is 34.3. The number of carbonyl (C=O) groups is 2. The maximum absolute atomic E-state index is 13.0. The Morgan fingerprint density at radius 3 is 2.29 bits per heavy atom. The van der Waals surface area contributed by atoms with Gasteiger partial charge < -0.3 is 10.6 Å². The summed E-state index contributed by atoms with van der Waals surface area (Å²) in [6.45, 7) is 0.277. The van der Waals surface area contributed by atoms with Crippen molar-refractivity contribution in [1.82, 2.24) is 20.6 Å². The highest BCUT2D eigenvalue weighted by molar-refractivity contribution is 7.09. The molecule has 4 aromatic rings. The van der Waals surface area contributed by atoms with Crippen molar-refractivity contribution >= 4 is 23.2 Å². The summed E-state index contributed by atoms with van der Waals surface area (Å²) in [6.07, 6.45) is 3.44. The van der Waals surface area contributed by atoms with Gasteiger partial charge in [0.1, 0.15) is 11.0 Å². The minimum atomic E-state index is -0.812. The summed E-state index contributed by atoms with van der Waals surface area (Å²) >= 11 is 1.47. The van der Waals surface area contributed by atoms with Crippen LogP contribution in [-0.2, 0) is 11.3 Å². The molecule has 2 aromatic heterocycles. The van der Waals surface area contributed by atoms with Gasteiger partial charge in [0.15, 0.2) is 0 Å². The molecule has 0 fully saturated rings. The maximum Gasteiger partial charge on any atom is 0.252 e. The lowest BCUT2D eigenvalue weighted by molar-refractivity contribution is -0.123. The lowest BCUT2D eigenvalue weighted by Gasteiger charge is -2.18. The molecule has 2 heterocycles. The number of hydrogen-bond acceptors (Lipinski definition) is 5. The standard InChI is InChI=1S/C24H20N4O2S/c29-23(19-9-5-2-6-10-19)28-22(18-7-3-1-4-8-18)24(30)26-15-21-27-20(16-31-21)17-11-13-25-14-12-17/h1-14,16,22H,15H2,(H,26,30)(H,28,29). The van der Waals surface area contributed by atoms with Crippen molar-refractivity contribution in [2.45, 2.75) is 12.6 Å². The van der Waals surface area contributed by atoms with Gasteiger partial charge in [-0.25, -0.2) is 4.98 Å². The Labute approximate surface area is 184 Å². The fourth-order valence-electron chi connectivity index (χ4n) is 3.06. The first-order valence-electron chi connectivity index (χ1n) is 9.74. The van der Waals surface area contributed by atoms with E-state index in [2.05, 4.69) is 20.6 Å². The fraction of sp³-hybridized carbons (Fsp3) is 0.0833. The van der Waals surface area contributed by atoms with Gasteiger partial charge in [-0.3, -0.25) is 14.6 Å². The molecule has 0 aliphatic rings. The molecule has 4 rings (SSSR count). The Balaban J connectivity index is 1.46. The average Bonchev–Trinajstić information content (AvgIpc) is 3.32. The Hall–Kier alpha value is -3.84. The summed E-state index contributed by atoms with van der Waals surface area (Å²) in [5, 5.41) is 8.47. The first-order chi connectivity index (χ1) is 15.2. The third kappa shape index (κ3) is 5.21. The van der Waals surface area contributed by atoms with E-state index in [9.17, 15) is 9.59 Å². The Morgan fingerprint density at radius 2 is 1.58 bits per heavy atom. The van der Waals surface area contributed by atoms with Crippen molar-refractivity contribution in [3.63, 3.8) is 0 Å². The number of hydrogen-bond donors (Lipinski definition) is 2. The lowest BCUT2D eigenvalue weighted by atomic mass is 10.1. The molecule has 0 saturated heterocycles. The number of benzene rings is 2. The zero-order valence-electron chi connectivity index (χ0n) is 16.6. The van der Waals surface area contributed by atoms with Crippen molar-refractivity contribution in [2.24, 2.45) is 0 Å². The molecule has 0 aliphatic carbocycles. The average molecular weight is 429 g/mol. The van der Waals surface area contributed by atoms with Crippen LogP contribution in [-0.4, -0.2) is 21.8 Å². The highest BCUT2D eigenvalue weighted by Gasteiger charge is 2.23. The van der Waals surface area contributed by atoms with Crippen LogP contribution in [0.2, 0.25) is 0 Å². The van der Waals surface area contributed by atoms with Crippen LogP contribution in [0.3, 0.4) is 0 Å². The SMILES string of the molecule is O=C(NC(C(=O)NCc1nc(-c2ccncc2)cs1)c1ccccc1)c1ccccc1. The Bertz CT molecular complexity index is 1150. The van der Waals surface area contributed by atoms with Crippen LogP contribution >= 0.6 is 11.3 Å². The van der Waals surface area contributed by atoms with E-state index in [1.54, 1.807) is 36.7 Å². The predicted molar refractivity (Wildman–Crippen MR) is 120 cm³/mol. The van der Waals surface area contributed by atoms with Crippen LogP contribution in [0.1, 0.15) is 27.0 Å². The number of nitrogens with zero attached hydrogens (tertiary/aromatic N) is 2. The molecule has 0 radical (unpaired) electrons. The maximum atomic E-state index is 13.0. The van der Waals surface area contributed by atoms with Gasteiger partial charge in [-0.1, -0.05) is 48.5 Å². The number of rotatable bonds is 7. The highest BCUT2D eigenvalue weighted by atomic mass is 32.1. The van der Waals surface area contributed by atoms with E-state index in [1.807, 2.05) is 53.9 Å². The number of aromatic nitrogens is 2. The first-order valence-corrected chi connectivity index (χ1v) is 10.6. The highest BCUT2D eigenvalue weighted by Crippen LogP contribution is 2.21. The van der Waals surface area contributed by atoms with E-state index in [0.29, 0.717) is 11.1 Å². The summed E-state index contributed by atoms with van der Waals surface area (Å²) in [5.41, 5.74) is 3.02. The zero-order chi connectivity index (χ0) is 21.5. The van der Waals surface area contributed by atoms with Gasteiger partial charge in [-0.05, 0) is 29.8 Å². The summed E-state index contributed by atoms with van der Waals surface area (Å²) in [6, 6.07) is 21.0. The molecule has 0 bridgehead atoms. The van der Waals surface area contributed by atoms with Gasteiger partial charge in [-0.2, -0.15) is 0 Å². The van der Waals surface area contributed by atoms with Gasteiger partial charge in [-0.15, -0.1) is 11.3 Å². The summed E-state index contributed by atoms with van der Waals surface area (Å²) in [7, 11) is 0. The predicted octanol–water partition coefficient (Wildman–Crippen LogP) is 3.99. The molecule has 154 valence electrons. The Morgan fingerprint density at radius 1 is 0.903 bits per heavy atom. The molecule has 6 nitrogen and oxygen atoms in total. The van der Waals surface area contributed by atoms with Crippen molar-refractivity contribution in [3.8, 4) is 11.3 Å². The molecular formula is C24H20N4O2S. The van der Waals surface area contributed by atoms with Gasteiger partial charge in [0.05, 0.1) is 12.2 Å². The third-order valence-corrected chi connectivity index (χ3v) is 5.50. The number of nitrogens with one attached hydrogen (secondary N) is 2. The van der Waals surface area contributed by atoms with E-state index < -0.39 is 6.04 Å². The normalized spacial score (nSPS) is 11.5. The number of pyridine rings is 1. The van der Waals surface area contributed by atoms with Crippen molar-refractivity contribution < 1.29 is 9.59 Å². The molecule has 2 N–H and O–H groups in total. The molecule has 7 heteroatoms. The molecule has 2 aromatic carbocycles. The first kappa shape index (κ1) is 20.4.